The summed E-state index contributed by atoms with van der Waals surface area (Å²) in [5, 5.41) is 15.8. The van der Waals surface area contributed by atoms with Gasteiger partial charge in [0.05, 0.1) is 17.7 Å². The second kappa shape index (κ2) is 6.88. The minimum atomic E-state index is 0.0856. The summed E-state index contributed by atoms with van der Waals surface area (Å²) >= 11 is 5.30. The molecule has 3 nitrogen and oxygen atoms in total. The Hall–Kier alpha value is -2.12. The van der Waals surface area contributed by atoms with Crippen molar-refractivity contribution in [2.75, 3.05) is 0 Å². The number of thiocarbonyl (C=S) groups is 1. The Bertz CT molecular complexity index is 579. The van der Waals surface area contributed by atoms with E-state index in [0.717, 1.165) is 17.7 Å². The molecular weight excluding hydrogens is 266 g/mol. The van der Waals surface area contributed by atoms with Gasteiger partial charge in [-0.1, -0.05) is 24.3 Å². The summed E-state index contributed by atoms with van der Waals surface area (Å²) < 4.78 is 0. The van der Waals surface area contributed by atoms with Crippen LogP contribution in [-0.4, -0.2) is 5.11 Å². The van der Waals surface area contributed by atoms with Gasteiger partial charge in [-0.3, -0.25) is 0 Å². The Morgan fingerprint density at radius 2 is 2.10 bits per heavy atom. The molecule has 0 bridgehead atoms. The fourth-order valence-corrected chi connectivity index (χ4v) is 2.19. The van der Waals surface area contributed by atoms with E-state index >= 15 is 0 Å². The Labute approximate surface area is 125 Å². The Morgan fingerprint density at radius 1 is 1.35 bits per heavy atom. The Kier molecular flexibility index (Phi) is 4.91. The summed E-state index contributed by atoms with van der Waals surface area (Å²) in [7, 11) is 0. The zero-order chi connectivity index (χ0) is 14.4. The lowest BCUT2D eigenvalue weighted by Gasteiger charge is -2.18. The van der Waals surface area contributed by atoms with Gasteiger partial charge in [0.25, 0.3) is 0 Å². The molecule has 101 valence electrons. The molecule has 0 aliphatic heterocycles. The molecule has 4 heteroatoms. The van der Waals surface area contributed by atoms with Crippen LogP contribution in [0.1, 0.15) is 30.5 Å². The third-order valence-corrected chi connectivity index (χ3v) is 3.25. The lowest BCUT2D eigenvalue weighted by Crippen LogP contribution is -2.36. The summed E-state index contributed by atoms with van der Waals surface area (Å²) in [4.78, 5) is 0. The van der Waals surface area contributed by atoms with Crippen molar-refractivity contribution >= 4 is 17.3 Å². The maximum absolute atomic E-state index is 8.78. The van der Waals surface area contributed by atoms with Crippen molar-refractivity contribution in [3.63, 3.8) is 0 Å². The molecule has 2 rings (SSSR count). The number of nitriles is 1. The number of nitrogens with zero attached hydrogens (tertiary/aromatic N) is 1. The molecular formula is C16H16N3S. The zero-order valence-electron chi connectivity index (χ0n) is 11.3. The van der Waals surface area contributed by atoms with Gasteiger partial charge in [0.2, 0.25) is 0 Å². The standard InChI is InChI=1S/C16H16N3S/c1-12(14-9-7-13(11-17)8-10-14)18-16(20)19-15-5-3-2-4-6-15/h2-3,5-10,12H,4H2,1H3,(H2,18,19,20). The first kappa shape index (κ1) is 14.3. The maximum atomic E-state index is 8.78. The van der Waals surface area contributed by atoms with Gasteiger partial charge in [-0.15, -0.1) is 0 Å². The highest BCUT2D eigenvalue weighted by atomic mass is 32.1. The molecule has 0 aromatic heterocycles. The van der Waals surface area contributed by atoms with Crippen LogP contribution in [0.4, 0.5) is 0 Å². The maximum Gasteiger partial charge on any atom is 0.171 e. The second-order valence-corrected chi connectivity index (χ2v) is 4.95. The van der Waals surface area contributed by atoms with Crippen molar-refractivity contribution in [1.29, 1.82) is 5.26 Å². The van der Waals surface area contributed by atoms with Crippen LogP contribution in [-0.2, 0) is 0 Å². The molecule has 2 N–H and O–H groups in total. The fraction of sp³-hybridized carbons (Fsp3) is 0.188. The molecule has 0 spiro atoms. The van der Waals surface area contributed by atoms with Gasteiger partial charge in [0.15, 0.2) is 5.11 Å². The van der Waals surface area contributed by atoms with Gasteiger partial charge in [-0.05, 0) is 55.8 Å². The summed E-state index contributed by atoms with van der Waals surface area (Å²) in [6, 6.07) is 9.70. The normalized spacial score (nSPS) is 14.9. The first-order valence-corrected chi connectivity index (χ1v) is 6.87. The molecule has 1 radical (unpaired) electrons. The predicted octanol–water partition coefficient (Wildman–Crippen LogP) is 3.13. The van der Waals surface area contributed by atoms with Crippen molar-refractivity contribution < 1.29 is 0 Å². The lowest BCUT2D eigenvalue weighted by molar-refractivity contribution is 0.710. The third kappa shape index (κ3) is 3.94. The van der Waals surface area contributed by atoms with E-state index in [1.807, 2.05) is 43.3 Å². The number of allylic oxidation sites excluding steroid dienone is 3. The summed E-state index contributed by atoms with van der Waals surface area (Å²) in [5.41, 5.74) is 2.77. The average molecular weight is 282 g/mol. The smallest absolute Gasteiger partial charge is 0.171 e. The number of benzene rings is 1. The minimum absolute atomic E-state index is 0.0856. The van der Waals surface area contributed by atoms with Crippen LogP contribution in [0, 0.1) is 17.8 Å². The highest BCUT2D eigenvalue weighted by Gasteiger charge is 2.08. The van der Waals surface area contributed by atoms with Crippen molar-refractivity contribution in [3.8, 4) is 6.07 Å². The zero-order valence-corrected chi connectivity index (χ0v) is 12.1. The molecule has 20 heavy (non-hydrogen) atoms. The number of hydrogen-bond acceptors (Lipinski definition) is 2. The molecule has 0 saturated carbocycles. The number of hydrogen-bond donors (Lipinski definition) is 2. The van der Waals surface area contributed by atoms with Crippen LogP contribution >= 0.6 is 12.2 Å². The molecule has 1 aliphatic carbocycles. The SMILES string of the molecule is CC(NC(=S)NC1=CC[CH]C=C1)c1ccc(C#N)cc1. The molecule has 1 aromatic carbocycles. The minimum Gasteiger partial charge on any atom is -0.356 e. The van der Waals surface area contributed by atoms with Crippen LogP contribution in [0.25, 0.3) is 0 Å². The largest absolute Gasteiger partial charge is 0.356 e. The van der Waals surface area contributed by atoms with Crippen LogP contribution < -0.4 is 10.6 Å². The van der Waals surface area contributed by atoms with Gasteiger partial charge in [0, 0.05) is 5.70 Å². The van der Waals surface area contributed by atoms with Crippen molar-refractivity contribution in [1.82, 2.24) is 10.6 Å². The highest BCUT2D eigenvalue weighted by Crippen LogP contribution is 2.13. The van der Waals surface area contributed by atoms with Gasteiger partial charge < -0.3 is 10.6 Å². The van der Waals surface area contributed by atoms with Gasteiger partial charge in [-0.25, -0.2) is 0 Å². The molecule has 1 unspecified atom stereocenters. The monoisotopic (exact) mass is 282 g/mol. The van der Waals surface area contributed by atoms with E-state index < -0.39 is 0 Å². The molecule has 1 aliphatic rings. The van der Waals surface area contributed by atoms with Crippen LogP contribution in [0.15, 0.2) is 48.2 Å². The third-order valence-electron chi connectivity index (χ3n) is 3.03. The van der Waals surface area contributed by atoms with E-state index in [2.05, 4.69) is 29.2 Å². The quantitative estimate of drug-likeness (QED) is 0.836. The van der Waals surface area contributed by atoms with E-state index in [1.54, 1.807) is 0 Å². The predicted molar refractivity (Wildman–Crippen MR) is 84.6 cm³/mol. The van der Waals surface area contributed by atoms with Crippen molar-refractivity contribution in [2.24, 2.45) is 0 Å². The summed E-state index contributed by atoms with van der Waals surface area (Å²) in [5.74, 6) is 0. The van der Waals surface area contributed by atoms with Gasteiger partial charge >= 0.3 is 0 Å². The first-order chi connectivity index (χ1) is 9.69. The van der Waals surface area contributed by atoms with Crippen molar-refractivity contribution in [3.05, 3.63) is 65.7 Å². The van der Waals surface area contributed by atoms with E-state index in [1.165, 1.54) is 0 Å². The topological polar surface area (TPSA) is 47.8 Å². The summed E-state index contributed by atoms with van der Waals surface area (Å²) in [6.45, 7) is 2.04. The van der Waals surface area contributed by atoms with Gasteiger partial charge in [0.1, 0.15) is 0 Å². The molecule has 0 heterocycles. The van der Waals surface area contributed by atoms with Gasteiger partial charge in [-0.2, -0.15) is 5.26 Å². The second-order valence-electron chi connectivity index (χ2n) is 4.54. The van der Waals surface area contributed by atoms with Crippen LogP contribution in [0.3, 0.4) is 0 Å². The Morgan fingerprint density at radius 3 is 2.70 bits per heavy atom. The van der Waals surface area contributed by atoms with Crippen LogP contribution in [0.2, 0.25) is 0 Å². The molecule has 1 atom stereocenters. The van der Waals surface area contributed by atoms with E-state index in [0.29, 0.717) is 10.7 Å². The number of nitrogens with one attached hydrogen (secondary N) is 2. The van der Waals surface area contributed by atoms with E-state index in [-0.39, 0.29) is 6.04 Å². The first-order valence-electron chi connectivity index (χ1n) is 6.46. The molecule has 0 saturated heterocycles. The van der Waals surface area contributed by atoms with Crippen molar-refractivity contribution in [2.45, 2.75) is 19.4 Å². The summed E-state index contributed by atoms with van der Waals surface area (Å²) in [6.07, 6.45) is 9.09. The molecule has 0 amide bonds. The fourth-order valence-electron chi connectivity index (χ4n) is 1.90. The lowest BCUT2D eigenvalue weighted by atomic mass is 10.1. The van der Waals surface area contributed by atoms with E-state index in [9.17, 15) is 0 Å². The van der Waals surface area contributed by atoms with Crippen LogP contribution in [0.5, 0.6) is 0 Å². The average Bonchev–Trinajstić information content (AvgIpc) is 2.48. The Balaban J connectivity index is 1.91. The molecule has 1 aromatic rings. The van der Waals surface area contributed by atoms with E-state index in [4.69, 9.17) is 17.5 Å². The number of rotatable bonds is 3. The highest BCUT2D eigenvalue weighted by molar-refractivity contribution is 7.80. The molecule has 0 fully saturated rings.